The van der Waals surface area contributed by atoms with Gasteiger partial charge in [0.2, 0.25) is 0 Å². The minimum Gasteiger partial charge on any atom is -0.385 e. The summed E-state index contributed by atoms with van der Waals surface area (Å²) in [4.78, 5) is 13.6. The topological polar surface area (TPSA) is 50.8 Å². The Morgan fingerprint density at radius 1 is 1.46 bits per heavy atom. The summed E-state index contributed by atoms with van der Waals surface area (Å²) in [6.07, 6.45) is -4.47. The average molecular weight is 350 g/mol. The number of ether oxygens (including phenoxy) is 2. The maximum Gasteiger partial charge on any atom is 0.419 e. The third-order valence-electron chi connectivity index (χ3n) is 3.62. The van der Waals surface area contributed by atoms with Gasteiger partial charge in [-0.05, 0) is 18.6 Å². The fourth-order valence-electron chi connectivity index (χ4n) is 2.37. The molecule has 1 aromatic carbocycles. The van der Waals surface area contributed by atoms with Crippen molar-refractivity contribution in [2.75, 3.05) is 38.7 Å². The van der Waals surface area contributed by atoms with Gasteiger partial charge in [-0.1, -0.05) is 6.07 Å². The Morgan fingerprint density at radius 2 is 2.21 bits per heavy atom. The molecule has 2 rings (SSSR count). The molecule has 0 spiro atoms. The van der Waals surface area contributed by atoms with E-state index in [4.69, 9.17) is 9.47 Å². The molecule has 0 aliphatic carbocycles. The van der Waals surface area contributed by atoms with Crippen molar-refractivity contribution in [3.8, 4) is 0 Å². The Labute approximate surface area is 136 Å². The second-order valence-corrected chi connectivity index (χ2v) is 5.32. The van der Waals surface area contributed by atoms with Crippen LogP contribution in [-0.2, 0) is 15.7 Å². The van der Waals surface area contributed by atoms with Crippen molar-refractivity contribution in [2.45, 2.75) is 18.7 Å². The quantitative estimate of drug-likeness (QED) is 0.849. The first-order chi connectivity index (χ1) is 11.3. The Kier molecular flexibility index (Phi) is 6.00. The van der Waals surface area contributed by atoms with Crippen molar-refractivity contribution in [3.05, 3.63) is 29.6 Å². The summed E-state index contributed by atoms with van der Waals surface area (Å²) in [7, 11) is 1.55. The molecule has 24 heavy (non-hydrogen) atoms. The minimum absolute atomic E-state index is 0.226. The summed E-state index contributed by atoms with van der Waals surface area (Å²) in [5, 5.41) is 2.19. The number of morpholine rings is 1. The van der Waals surface area contributed by atoms with Crippen molar-refractivity contribution < 1.29 is 31.8 Å². The molecule has 1 N–H and O–H groups in total. The van der Waals surface area contributed by atoms with Crippen LogP contribution in [0.15, 0.2) is 18.2 Å². The molecule has 9 heteroatoms. The Balaban J connectivity index is 2.04. The van der Waals surface area contributed by atoms with E-state index in [-0.39, 0.29) is 19.2 Å². The number of amides is 2. The lowest BCUT2D eigenvalue weighted by Crippen LogP contribution is -2.47. The van der Waals surface area contributed by atoms with E-state index in [2.05, 4.69) is 5.32 Å². The van der Waals surface area contributed by atoms with Gasteiger partial charge in [0.05, 0.1) is 24.0 Å². The van der Waals surface area contributed by atoms with E-state index in [1.54, 1.807) is 7.11 Å². The molecule has 1 aliphatic heterocycles. The molecule has 2 amide bonds. The number of nitrogens with zero attached hydrogens (tertiary/aromatic N) is 1. The molecule has 1 atom stereocenters. The number of rotatable bonds is 4. The van der Waals surface area contributed by atoms with Gasteiger partial charge in [-0.15, -0.1) is 0 Å². The van der Waals surface area contributed by atoms with E-state index in [9.17, 15) is 22.4 Å². The number of carbonyl (C=O) groups excluding carboxylic acids is 1. The first-order valence-electron chi connectivity index (χ1n) is 7.35. The summed E-state index contributed by atoms with van der Waals surface area (Å²) in [5.74, 6) is -1.50. The van der Waals surface area contributed by atoms with Gasteiger partial charge in [-0.25, -0.2) is 9.18 Å². The van der Waals surface area contributed by atoms with Gasteiger partial charge < -0.3 is 19.7 Å². The molecule has 1 heterocycles. The predicted molar refractivity (Wildman–Crippen MR) is 78.2 cm³/mol. The molecule has 1 fully saturated rings. The van der Waals surface area contributed by atoms with Gasteiger partial charge in [0.1, 0.15) is 0 Å². The highest BCUT2D eigenvalue weighted by Gasteiger charge is 2.35. The van der Waals surface area contributed by atoms with E-state index < -0.39 is 29.3 Å². The first kappa shape index (κ1) is 18.5. The fraction of sp³-hybridized carbons (Fsp3) is 0.533. The van der Waals surface area contributed by atoms with Gasteiger partial charge in [-0.2, -0.15) is 13.2 Å². The van der Waals surface area contributed by atoms with Crippen LogP contribution in [0.1, 0.15) is 12.0 Å². The number of nitrogens with one attached hydrogen (secondary N) is 1. The molecule has 0 aromatic heterocycles. The second kappa shape index (κ2) is 7.80. The number of halogens is 4. The van der Waals surface area contributed by atoms with Crippen LogP contribution in [0.5, 0.6) is 0 Å². The van der Waals surface area contributed by atoms with E-state index >= 15 is 0 Å². The molecule has 0 saturated carbocycles. The molecule has 0 radical (unpaired) electrons. The predicted octanol–water partition coefficient (Wildman–Crippen LogP) is 3.11. The number of hydrogen-bond acceptors (Lipinski definition) is 3. The lowest BCUT2D eigenvalue weighted by molar-refractivity contribution is -0.139. The number of urea groups is 1. The molecule has 1 saturated heterocycles. The van der Waals surface area contributed by atoms with Crippen LogP contribution in [0.4, 0.5) is 28.0 Å². The van der Waals surface area contributed by atoms with Crippen LogP contribution in [0.3, 0.4) is 0 Å². The standard InChI is InChI=1S/C15H18F4N2O3/c1-23-7-5-10-9-21(6-8-24-10)14(22)20-12-4-2-3-11(13(12)16)15(17,18)19/h2-4,10H,5-9H2,1H3,(H,20,22)/t10-/m0/s1. The summed E-state index contributed by atoms with van der Waals surface area (Å²) in [5.41, 5.74) is -1.92. The lowest BCUT2D eigenvalue weighted by Gasteiger charge is -2.33. The van der Waals surface area contributed by atoms with Crippen molar-refractivity contribution in [3.63, 3.8) is 0 Å². The fourth-order valence-corrected chi connectivity index (χ4v) is 2.37. The third-order valence-corrected chi connectivity index (χ3v) is 3.62. The zero-order valence-electron chi connectivity index (χ0n) is 13.0. The van der Waals surface area contributed by atoms with Crippen LogP contribution in [0, 0.1) is 5.82 Å². The first-order valence-corrected chi connectivity index (χ1v) is 7.35. The van der Waals surface area contributed by atoms with Gasteiger partial charge in [-0.3, -0.25) is 0 Å². The van der Waals surface area contributed by atoms with E-state index in [1.807, 2.05) is 0 Å². The zero-order chi connectivity index (χ0) is 17.7. The van der Waals surface area contributed by atoms with Crippen molar-refractivity contribution >= 4 is 11.7 Å². The molecular formula is C15H18F4N2O3. The average Bonchev–Trinajstić information content (AvgIpc) is 2.54. The maximum atomic E-state index is 13.9. The number of alkyl halides is 3. The Morgan fingerprint density at radius 3 is 2.88 bits per heavy atom. The van der Waals surface area contributed by atoms with Crippen LogP contribution in [-0.4, -0.2) is 50.4 Å². The summed E-state index contributed by atoms with van der Waals surface area (Å²) < 4.78 is 62.5. The highest BCUT2D eigenvalue weighted by Crippen LogP contribution is 2.33. The van der Waals surface area contributed by atoms with Gasteiger partial charge in [0, 0.05) is 26.8 Å². The maximum absolute atomic E-state index is 13.9. The smallest absolute Gasteiger partial charge is 0.385 e. The highest BCUT2D eigenvalue weighted by molar-refractivity contribution is 5.89. The van der Waals surface area contributed by atoms with Crippen LogP contribution < -0.4 is 5.32 Å². The molecule has 0 unspecified atom stereocenters. The molecule has 5 nitrogen and oxygen atoms in total. The molecule has 1 aromatic rings. The second-order valence-electron chi connectivity index (χ2n) is 5.32. The molecular weight excluding hydrogens is 332 g/mol. The summed E-state index contributed by atoms with van der Waals surface area (Å²) in [6.45, 7) is 1.29. The number of benzene rings is 1. The molecule has 1 aliphatic rings. The summed E-state index contributed by atoms with van der Waals surface area (Å²) in [6, 6.07) is 2.09. The minimum atomic E-state index is -4.82. The van der Waals surface area contributed by atoms with Gasteiger partial charge >= 0.3 is 12.2 Å². The Hall–Kier alpha value is -1.87. The van der Waals surface area contributed by atoms with E-state index in [1.165, 1.54) is 4.90 Å². The number of methoxy groups -OCH3 is 1. The zero-order valence-corrected chi connectivity index (χ0v) is 13.0. The third kappa shape index (κ3) is 4.57. The molecule has 134 valence electrons. The normalized spacial score (nSPS) is 18.5. The number of carbonyl (C=O) groups is 1. The lowest BCUT2D eigenvalue weighted by atomic mass is 10.1. The van der Waals surface area contributed by atoms with Crippen LogP contribution in [0.2, 0.25) is 0 Å². The van der Waals surface area contributed by atoms with Crippen LogP contribution >= 0.6 is 0 Å². The van der Waals surface area contributed by atoms with Crippen molar-refractivity contribution in [2.24, 2.45) is 0 Å². The monoisotopic (exact) mass is 350 g/mol. The van der Waals surface area contributed by atoms with E-state index in [0.29, 0.717) is 25.7 Å². The van der Waals surface area contributed by atoms with Crippen LogP contribution in [0.25, 0.3) is 0 Å². The van der Waals surface area contributed by atoms with Crippen molar-refractivity contribution in [1.82, 2.24) is 4.90 Å². The van der Waals surface area contributed by atoms with Gasteiger partial charge in [0.25, 0.3) is 0 Å². The van der Waals surface area contributed by atoms with E-state index in [0.717, 1.165) is 12.1 Å². The highest BCUT2D eigenvalue weighted by atomic mass is 19.4. The number of anilines is 1. The van der Waals surface area contributed by atoms with Crippen molar-refractivity contribution in [1.29, 1.82) is 0 Å². The summed E-state index contributed by atoms with van der Waals surface area (Å²) >= 11 is 0. The SMILES string of the molecule is COCC[C@H]1CN(C(=O)Nc2cccc(C(F)(F)F)c2F)CCO1. The van der Waals surface area contributed by atoms with Gasteiger partial charge in [0.15, 0.2) is 5.82 Å². The molecule has 0 bridgehead atoms. The Bertz CT molecular complexity index is 580. The number of hydrogen-bond donors (Lipinski definition) is 1. The largest absolute Gasteiger partial charge is 0.419 e.